The van der Waals surface area contributed by atoms with E-state index < -0.39 is 24.7 Å². The molecule has 0 fully saturated rings. The summed E-state index contributed by atoms with van der Waals surface area (Å²) >= 11 is 0. The third kappa shape index (κ3) is 5.86. The van der Waals surface area contributed by atoms with Crippen molar-refractivity contribution in [3.05, 3.63) is 35.9 Å². The van der Waals surface area contributed by atoms with Crippen LogP contribution >= 0.6 is 0 Å². The van der Waals surface area contributed by atoms with E-state index in [0.717, 1.165) is 6.08 Å². The first-order valence-electron chi connectivity index (χ1n) is 6.27. The van der Waals surface area contributed by atoms with Crippen LogP contribution in [0, 0.1) is 0 Å². The molecule has 1 rings (SSSR count). The molecule has 1 aromatic carbocycles. The lowest BCUT2D eigenvalue weighted by Crippen LogP contribution is -2.40. The Balaban J connectivity index is 2.59. The minimum atomic E-state index is -4.75. The monoisotopic (exact) mass is 303 g/mol. The van der Waals surface area contributed by atoms with Crippen LogP contribution in [0.15, 0.2) is 30.3 Å². The van der Waals surface area contributed by atoms with Crippen LogP contribution in [0.2, 0.25) is 0 Å². The highest BCUT2D eigenvalue weighted by molar-refractivity contribution is 5.92. The molecule has 1 amide bonds. The Morgan fingerprint density at radius 2 is 2.10 bits per heavy atom. The van der Waals surface area contributed by atoms with Gasteiger partial charge in [-0.2, -0.15) is 13.2 Å². The molecule has 1 aromatic rings. The van der Waals surface area contributed by atoms with Gasteiger partial charge >= 0.3 is 6.18 Å². The van der Waals surface area contributed by atoms with E-state index in [-0.39, 0.29) is 0 Å². The number of nitrogens with one attached hydrogen (secondary N) is 1. The molecule has 0 spiro atoms. The van der Waals surface area contributed by atoms with Gasteiger partial charge in [0.05, 0.1) is 13.2 Å². The molecule has 116 valence electrons. The van der Waals surface area contributed by atoms with Gasteiger partial charge in [0, 0.05) is 11.6 Å². The summed E-state index contributed by atoms with van der Waals surface area (Å²) in [5, 5.41) is 10.7. The average Bonchev–Trinajstić information content (AvgIpc) is 2.43. The van der Waals surface area contributed by atoms with Gasteiger partial charge in [-0.3, -0.25) is 4.79 Å². The lowest BCUT2D eigenvalue weighted by atomic mass is 10.2. The van der Waals surface area contributed by atoms with Gasteiger partial charge in [0.1, 0.15) is 5.75 Å². The number of ether oxygens (including phenoxy) is 1. The summed E-state index contributed by atoms with van der Waals surface area (Å²) in [5.74, 6) is -0.163. The number of carbonyl (C=O) groups excluding carboxylic acids is 1. The van der Waals surface area contributed by atoms with Crippen LogP contribution in [0.3, 0.4) is 0 Å². The fourth-order valence-corrected chi connectivity index (χ4v) is 1.44. The molecular weight excluding hydrogens is 287 g/mol. The molecular formula is C14H16F3NO3. The number of rotatable bonds is 6. The van der Waals surface area contributed by atoms with Crippen LogP contribution in [0.1, 0.15) is 12.5 Å². The van der Waals surface area contributed by atoms with Gasteiger partial charge in [-0.05, 0) is 19.1 Å². The van der Waals surface area contributed by atoms with E-state index in [2.05, 4.69) is 0 Å². The molecule has 0 aliphatic carbocycles. The summed E-state index contributed by atoms with van der Waals surface area (Å²) in [6, 6.07) is 6.93. The Bertz CT molecular complexity index is 500. The van der Waals surface area contributed by atoms with Crippen molar-refractivity contribution in [3.8, 4) is 5.75 Å². The van der Waals surface area contributed by atoms with Crippen molar-refractivity contribution in [1.82, 2.24) is 5.32 Å². The first-order chi connectivity index (χ1) is 9.84. The molecule has 21 heavy (non-hydrogen) atoms. The third-order valence-electron chi connectivity index (χ3n) is 2.48. The van der Waals surface area contributed by atoms with Crippen LogP contribution in [0.4, 0.5) is 13.2 Å². The molecule has 0 bridgehead atoms. The quantitative estimate of drug-likeness (QED) is 0.792. The second-order valence-corrected chi connectivity index (χ2v) is 4.11. The first kappa shape index (κ1) is 17.0. The average molecular weight is 303 g/mol. The molecule has 0 aliphatic heterocycles. The number of halogens is 3. The predicted octanol–water partition coefficient (Wildman–Crippen LogP) is 2.14. The van der Waals surface area contributed by atoms with Crippen molar-refractivity contribution >= 4 is 12.0 Å². The number of carbonyl (C=O) groups is 1. The van der Waals surface area contributed by atoms with Gasteiger partial charge in [0.2, 0.25) is 5.91 Å². The molecule has 0 aromatic heterocycles. The van der Waals surface area contributed by atoms with Crippen molar-refractivity contribution in [2.24, 2.45) is 0 Å². The van der Waals surface area contributed by atoms with Crippen molar-refractivity contribution in [2.45, 2.75) is 19.2 Å². The summed E-state index contributed by atoms with van der Waals surface area (Å²) in [7, 11) is 0. The number of aliphatic hydroxyl groups excluding tert-OH is 1. The van der Waals surface area contributed by atoms with E-state index in [9.17, 15) is 18.0 Å². The summed E-state index contributed by atoms with van der Waals surface area (Å²) in [4.78, 5) is 11.4. The maximum absolute atomic E-state index is 12.1. The SMILES string of the molecule is CCOc1ccccc1/C=C/C(=O)NCC(O)C(F)(F)F. The van der Waals surface area contributed by atoms with Crippen molar-refractivity contribution in [3.63, 3.8) is 0 Å². The molecule has 4 nitrogen and oxygen atoms in total. The topological polar surface area (TPSA) is 58.6 Å². The summed E-state index contributed by atoms with van der Waals surface area (Å²) < 4.78 is 41.5. The van der Waals surface area contributed by atoms with E-state index >= 15 is 0 Å². The van der Waals surface area contributed by atoms with Gasteiger partial charge in [0.25, 0.3) is 0 Å². The van der Waals surface area contributed by atoms with Crippen molar-refractivity contribution in [1.29, 1.82) is 0 Å². The highest BCUT2D eigenvalue weighted by Crippen LogP contribution is 2.20. The number of hydrogen-bond donors (Lipinski definition) is 2. The molecule has 1 atom stereocenters. The molecule has 2 N–H and O–H groups in total. The van der Waals surface area contributed by atoms with Crippen LogP contribution in [0.5, 0.6) is 5.75 Å². The Morgan fingerprint density at radius 3 is 2.71 bits per heavy atom. The largest absolute Gasteiger partial charge is 0.493 e. The van der Waals surface area contributed by atoms with E-state index in [1.165, 1.54) is 6.08 Å². The molecule has 0 saturated carbocycles. The number of amides is 1. The maximum atomic E-state index is 12.1. The number of benzene rings is 1. The molecule has 1 unspecified atom stereocenters. The predicted molar refractivity (Wildman–Crippen MR) is 71.7 cm³/mol. The standard InChI is InChI=1S/C14H16F3NO3/c1-2-21-11-6-4-3-5-10(11)7-8-13(20)18-9-12(19)14(15,16)17/h3-8,12,19H,2,9H2,1H3,(H,18,20)/b8-7+. The Kier molecular flexibility index (Phi) is 6.23. The fourth-order valence-electron chi connectivity index (χ4n) is 1.44. The zero-order valence-corrected chi connectivity index (χ0v) is 11.4. The summed E-state index contributed by atoms with van der Waals surface area (Å²) in [5.41, 5.74) is 0.630. The molecule has 0 saturated heterocycles. The lowest BCUT2D eigenvalue weighted by Gasteiger charge is -2.14. The number of aliphatic hydroxyl groups is 1. The molecule has 0 heterocycles. The molecule has 0 radical (unpaired) electrons. The minimum Gasteiger partial charge on any atom is -0.493 e. The second kappa shape index (κ2) is 7.68. The Morgan fingerprint density at radius 1 is 1.43 bits per heavy atom. The number of para-hydroxylation sites is 1. The highest BCUT2D eigenvalue weighted by atomic mass is 19.4. The Hall–Kier alpha value is -2.02. The number of hydrogen-bond acceptors (Lipinski definition) is 3. The molecule has 0 aliphatic rings. The maximum Gasteiger partial charge on any atom is 0.416 e. The Labute approximate surface area is 120 Å². The van der Waals surface area contributed by atoms with E-state index in [4.69, 9.17) is 9.84 Å². The number of alkyl halides is 3. The smallest absolute Gasteiger partial charge is 0.416 e. The summed E-state index contributed by atoms with van der Waals surface area (Å²) in [6.45, 7) is 1.38. The highest BCUT2D eigenvalue weighted by Gasteiger charge is 2.37. The van der Waals surface area contributed by atoms with Gasteiger partial charge in [0.15, 0.2) is 6.10 Å². The van der Waals surface area contributed by atoms with Crippen LogP contribution in [-0.4, -0.2) is 36.4 Å². The van der Waals surface area contributed by atoms with Crippen molar-refractivity contribution < 1.29 is 27.8 Å². The summed E-state index contributed by atoms with van der Waals surface area (Å²) in [6.07, 6.45) is -4.81. The van der Waals surface area contributed by atoms with Gasteiger partial charge in [-0.25, -0.2) is 0 Å². The van der Waals surface area contributed by atoms with Crippen molar-refractivity contribution in [2.75, 3.05) is 13.2 Å². The van der Waals surface area contributed by atoms with E-state index in [0.29, 0.717) is 17.9 Å². The van der Waals surface area contributed by atoms with Crippen LogP contribution in [0.25, 0.3) is 6.08 Å². The lowest BCUT2D eigenvalue weighted by molar-refractivity contribution is -0.201. The second-order valence-electron chi connectivity index (χ2n) is 4.11. The molecule has 7 heteroatoms. The van der Waals surface area contributed by atoms with Crippen LogP contribution < -0.4 is 10.1 Å². The minimum absolute atomic E-state index is 0.453. The first-order valence-corrected chi connectivity index (χ1v) is 6.27. The zero-order chi connectivity index (χ0) is 15.9. The zero-order valence-electron chi connectivity index (χ0n) is 11.4. The van der Waals surface area contributed by atoms with Gasteiger partial charge in [-0.1, -0.05) is 18.2 Å². The van der Waals surface area contributed by atoms with E-state index in [1.54, 1.807) is 24.3 Å². The third-order valence-corrected chi connectivity index (χ3v) is 2.48. The normalized spacial score (nSPS) is 13.2. The fraction of sp³-hybridized carbons (Fsp3) is 0.357. The van der Waals surface area contributed by atoms with Gasteiger partial charge < -0.3 is 15.2 Å². The van der Waals surface area contributed by atoms with E-state index in [1.807, 2.05) is 12.2 Å². The van der Waals surface area contributed by atoms with Gasteiger partial charge in [-0.15, -0.1) is 0 Å². The van der Waals surface area contributed by atoms with Crippen LogP contribution in [-0.2, 0) is 4.79 Å².